The Balaban J connectivity index is 3.28. The van der Waals surface area contributed by atoms with Gasteiger partial charge in [-0.05, 0) is 32.4 Å². The molecular formula is C21H45NS. The van der Waals surface area contributed by atoms with Gasteiger partial charge in [0.15, 0.2) is 0 Å². The van der Waals surface area contributed by atoms with Crippen LogP contribution in [0.4, 0.5) is 0 Å². The molecule has 0 saturated heterocycles. The molecule has 0 saturated carbocycles. The summed E-state index contributed by atoms with van der Waals surface area (Å²) in [5.74, 6) is 2.45. The third-order valence-electron chi connectivity index (χ3n) is 4.70. The Morgan fingerprint density at radius 1 is 0.652 bits per heavy atom. The minimum absolute atomic E-state index is 0.318. The van der Waals surface area contributed by atoms with Crippen molar-refractivity contribution in [2.24, 2.45) is 0 Å². The maximum Gasteiger partial charge on any atom is 0.0421 e. The number of hydrogen-bond donors (Lipinski definition) is 1. The van der Waals surface area contributed by atoms with Crippen molar-refractivity contribution in [1.82, 2.24) is 5.32 Å². The van der Waals surface area contributed by atoms with E-state index in [0.717, 1.165) is 5.88 Å². The largest absolute Gasteiger partial charge is 0.303 e. The van der Waals surface area contributed by atoms with E-state index in [0.29, 0.717) is 5.54 Å². The fourth-order valence-electron chi connectivity index (χ4n) is 2.92. The van der Waals surface area contributed by atoms with Gasteiger partial charge in [-0.3, -0.25) is 0 Å². The quantitative estimate of drug-likeness (QED) is 0.204. The lowest BCUT2D eigenvalue weighted by Gasteiger charge is -2.26. The highest BCUT2D eigenvalue weighted by atomic mass is 32.2. The van der Waals surface area contributed by atoms with Crippen molar-refractivity contribution in [3.8, 4) is 0 Å². The van der Waals surface area contributed by atoms with Gasteiger partial charge >= 0.3 is 0 Å². The second-order valence-corrected chi connectivity index (χ2v) is 8.86. The van der Waals surface area contributed by atoms with Crippen molar-refractivity contribution in [3.63, 3.8) is 0 Å². The summed E-state index contributed by atoms with van der Waals surface area (Å²) in [5.41, 5.74) is 0.318. The molecule has 0 heterocycles. The van der Waals surface area contributed by atoms with Gasteiger partial charge in [0.25, 0.3) is 0 Å². The molecule has 0 bridgehead atoms. The Kier molecular flexibility index (Phi) is 17.4. The van der Waals surface area contributed by atoms with E-state index in [4.69, 9.17) is 0 Å². The number of nitrogens with one attached hydrogen (secondary N) is 1. The molecule has 0 aromatic rings. The summed E-state index contributed by atoms with van der Waals surface area (Å²) >= 11 is 2.09. The van der Waals surface area contributed by atoms with E-state index in [-0.39, 0.29) is 0 Å². The molecule has 0 atom stereocenters. The lowest BCUT2D eigenvalue weighted by molar-refractivity contribution is 0.369. The summed E-state index contributed by atoms with van der Waals surface area (Å²) < 4.78 is 0. The summed E-state index contributed by atoms with van der Waals surface area (Å²) in [7, 11) is 0. The fraction of sp³-hybridized carbons (Fsp3) is 1.00. The average Bonchev–Trinajstić information content (AvgIpc) is 2.52. The van der Waals surface area contributed by atoms with Crippen LogP contribution < -0.4 is 5.32 Å². The van der Waals surface area contributed by atoms with E-state index in [1.165, 1.54) is 95.6 Å². The van der Waals surface area contributed by atoms with Gasteiger partial charge in [0, 0.05) is 11.4 Å². The Morgan fingerprint density at radius 2 is 1.13 bits per heavy atom. The molecule has 140 valence electrons. The maximum atomic E-state index is 3.74. The van der Waals surface area contributed by atoms with E-state index < -0.39 is 0 Å². The van der Waals surface area contributed by atoms with Crippen LogP contribution in [-0.2, 0) is 0 Å². The molecule has 0 unspecified atom stereocenters. The van der Waals surface area contributed by atoms with E-state index >= 15 is 0 Å². The summed E-state index contributed by atoms with van der Waals surface area (Å²) in [6.45, 7) is 9.31. The maximum absolute atomic E-state index is 3.74. The fourth-order valence-corrected chi connectivity index (χ4v) is 3.96. The number of rotatable bonds is 18. The van der Waals surface area contributed by atoms with Crippen molar-refractivity contribution >= 4 is 11.8 Å². The van der Waals surface area contributed by atoms with Crippen molar-refractivity contribution < 1.29 is 0 Å². The highest BCUT2D eigenvalue weighted by Gasteiger charge is 2.15. The summed E-state index contributed by atoms with van der Waals surface area (Å²) in [6, 6.07) is 0. The summed E-state index contributed by atoms with van der Waals surface area (Å²) in [4.78, 5) is 0. The number of thioether (sulfide) groups is 1. The van der Waals surface area contributed by atoms with Crippen LogP contribution in [0.5, 0.6) is 0 Å². The zero-order valence-electron chi connectivity index (χ0n) is 16.7. The lowest BCUT2D eigenvalue weighted by Crippen LogP contribution is -2.38. The number of unbranched alkanes of at least 4 members (excludes halogenated alkanes) is 11. The molecule has 0 aliphatic carbocycles. The van der Waals surface area contributed by atoms with Gasteiger partial charge in [-0.15, -0.1) is 11.8 Å². The molecule has 0 aromatic heterocycles. The second-order valence-electron chi connectivity index (χ2n) is 7.75. The zero-order chi connectivity index (χ0) is 17.2. The monoisotopic (exact) mass is 343 g/mol. The molecule has 23 heavy (non-hydrogen) atoms. The normalized spacial score (nSPS) is 12.0. The van der Waals surface area contributed by atoms with Gasteiger partial charge < -0.3 is 5.32 Å². The third-order valence-corrected chi connectivity index (χ3v) is 5.63. The van der Waals surface area contributed by atoms with Crippen LogP contribution in [-0.4, -0.2) is 17.2 Å². The SMILES string of the molecule is CCCCCCCCCCSCNC(C)(C)CCCCCCC. The van der Waals surface area contributed by atoms with Crippen LogP contribution in [0.1, 0.15) is 118 Å². The van der Waals surface area contributed by atoms with E-state index in [9.17, 15) is 0 Å². The van der Waals surface area contributed by atoms with Gasteiger partial charge in [0.2, 0.25) is 0 Å². The first-order valence-electron chi connectivity index (χ1n) is 10.4. The molecule has 0 amide bonds. The van der Waals surface area contributed by atoms with Crippen molar-refractivity contribution in [2.75, 3.05) is 11.6 Å². The highest BCUT2D eigenvalue weighted by Crippen LogP contribution is 2.17. The summed E-state index contributed by atoms with van der Waals surface area (Å²) in [6.07, 6.45) is 19.7. The first kappa shape index (κ1) is 23.3. The molecule has 0 aliphatic rings. The third kappa shape index (κ3) is 18.5. The van der Waals surface area contributed by atoms with Crippen LogP contribution in [0.25, 0.3) is 0 Å². The second kappa shape index (κ2) is 17.1. The highest BCUT2D eigenvalue weighted by molar-refractivity contribution is 7.99. The van der Waals surface area contributed by atoms with Crippen LogP contribution in [0.3, 0.4) is 0 Å². The molecule has 0 aliphatic heterocycles. The minimum atomic E-state index is 0.318. The molecule has 0 aromatic carbocycles. The van der Waals surface area contributed by atoms with Gasteiger partial charge in [-0.25, -0.2) is 0 Å². The van der Waals surface area contributed by atoms with Crippen LogP contribution in [0.15, 0.2) is 0 Å². The molecule has 0 rings (SSSR count). The van der Waals surface area contributed by atoms with Crippen LogP contribution in [0, 0.1) is 0 Å². The van der Waals surface area contributed by atoms with Crippen molar-refractivity contribution in [1.29, 1.82) is 0 Å². The Morgan fingerprint density at radius 3 is 1.70 bits per heavy atom. The average molecular weight is 344 g/mol. The number of hydrogen-bond acceptors (Lipinski definition) is 2. The molecule has 0 radical (unpaired) electrons. The smallest absolute Gasteiger partial charge is 0.0421 e. The Hall–Kier alpha value is 0.310. The molecule has 2 heteroatoms. The van der Waals surface area contributed by atoms with Crippen molar-refractivity contribution in [3.05, 3.63) is 0 Å². The Bertz CT molecular complexity index is 228. The van der Waals surface area contributed by atoms with Gasteiger partial charge in [-0.2, -0.15) is 0 Å². The topological polar surface area (TPSA) is 12.0 Å². The van der Waals surface area contributed by atoms with Crippen LogP contribution in [0.2, 0.25) is 0 Å². The molecule has 0 fully saturated rings. The predicted octanol–water partition coefficient (Wildman–Crippen LogP) is 7.55. The zero-order valence-corrected chi connectivity index (χ0v) is 17.5. The van der Waals surface area contributed by atoms with E-state index in [1.54, 1.807) is 0 Å². The predicted molar refractivity (Wildman–Crippen MR) is 111 cm³/mol. The van der Waals surface area contributed by atoms with Gasteiger partial charge in [-0.1, -0.05) is 90.9 Å². The molecule has 1 N–H and O–H groups in total. The van der Waals surface area contributed by atoms with Gasteiger partial charge in [0.05, 0.1) is 0 Å². The van der Waals surface area contributed by atoms with Gasteiger partial charge in [0.1, 0.15) is 0 Å². The minimum Gasteiger partial charge on any atom is -0.303 e. The lowest BCUT2D eigenvalue weighted by atomic mass is 9.96. The standard InChI is InChI=1S/C21H45NS/c1-5-7-9-11-12-13-15-17-19-23-20-22-21(3,4)18-16-14-10-8-6-2/h22H,5-20H2,1-4H3. The van der Waals surface area contributed by atoms with E-state index in [1.807, 2.05) is 0 Å². The van der Waals surface area contributed by atoms with E-state index in [2.05, 4.69) is 44.8 Å². The molecular weight excluding hydrogens is 298 g/mol. The van der Waals surface area contributed by atoms with Crippen molar-refractivity contribution in [2.45, 2.75) is 123 Å². The molecule has 1 nitrogen and oxygen atoms in total. The summed E-state index contributed by atoms with van der Waals surface area (Å²) in [5, 5.41) is 3.74. The Labute approximate surface area is 152 Å². The van der Waals surface area contributed by atoms with Crippen LogP contribution >= 0.6 is 11.8 Å². The molecule has 0 spiro atoms. The first-order valence-corrected chi connectivity index (χ1v) is 11.6. The first-order chi connectivity index (χ1) is 11.1.